The number of hydrogen-bond donors (Lipinski definition) is 1. The lowest BCUT2D eigenvalue weighted by molar-refractivity contribution is -0.147. The van der Waals surface area contributed by atoms with Crippen molar-refractivity contribution in [1.82, 2.24) is 0 Å². The van der Waals surface area contributed by atoms with Crippen LogP contribution in [0.4, 0.5) is 0 Å². The van der Waals surface area contributed by atoms with Crippen LogP contribution in [0.2, 0.25) is 0 Å². The summed E-state index contributed by atoms with van der Waals surface area (Å²) < 4.78 is 11.8. The Balaban J connectivity index is 1.52. The molecular formula is C31H36O4. The third kappa shape index (κ3) is 4.90. The summed E-state index contributed by atoms with van der Waals surface area (Å²) in [5.74, 6) is 8.24. The molecule has 0 saturated heterocycles. The SMILES string of the molecule is CCC(OC(C)OC)c1ccc(C#Cc2ccc(C(=O)O)cc2)cc1C12CC3CC(CC(C3)C1)C2. The lowest BCUT2D eigenvalue weighted by Crippen LogP contribution is -2.49. The van der Waals surface area contributed by atoms with Gasteiger partial charge >= 0.3 is 5.97 Å². The summed E-state index contributed by atoms with van der Waals surface area (Å²) >= 11 is 0. The fourth-order valence-corrected chi connectivity index (χ4v) is 7.33. The van der Waals surface area contributed by atoms with E-state index >= 15 is 0 Å². The van der Waals surface area contributed by atoms with E-state index < -0.39 is 5.97 Å². The quantitative estimate of drug-likeness (QED) is 0.359. The Morgan fingerprint density at radius 2 is 1.57 bits per heavy atom. The maximum absolute atomic E-state index is 11.1. The van der Waals surface area contributed by atoms with Gasteiger partial charge in [-0.2, -0.15) is 0 Å². The highest BCUT2D eigenvalue weighted by atomic mass is 16.7. The second kappa shape index (κ2) is 9.80. The van der Waals surface area contributed by atoms with Crippen LogP contribution in [0.1, 0.15) is 97.5 Å². The molecule has 4 bridgehead atoms. The first-order valence-corrected chi connectivity index (χ1v) is 13.1. The number of hydrogen-bond acceptors (Lipinski definition) is 3. The van der Waals surface area contributed by atoms with Crippen LogP contribution >= 0.6 is 0 Å². The summed E-state index contributed by atoms with van der Waals surface area (Å²) in [5.41, 5.74) is 5.09. The van der Waals surface area contributed by atoms with Crippen molar-refractivity contribution in [1.29, 1.82) is 0 Å². The Bertz CT molecular complexity index is 1100. The topological polar surface area (TPSA) is 55.8 Å². The van der Waals surface area contributed by atoms with Crippen LogP contribution in [-0.2, 0) is 14.9 Å². The zero-order valence-corrected chi connectivity index (χ0v) is 21.0. The molecule has 0 spiro atoms. The third-order valence-corrected chi connectivity index (χ3v) is 8.55. The number of benzene rings is 2. The minimum absolute atomic E-state index is 0.00136. The molecule has 4 aliphatic carbocycles. The molecule has 0 heterocycles. The number of carboxylic acids is 1. The standard InChI is InChI=1S/C31H36O4/c1-4-29(35-20(2)34-3)27-12-9-22(6-5-21-7-10-26(11-8-21)30(32)33)16-28(27)31-17-23-13-24(18-31)15-25(14-23)19-31/h7-12,16,20,23-25,29H,4,13-15,17-19H2,1-3H3,(H,32,33). The summed E-state index contributed by atoms with van der Waals surface area (Å²) in [5, 5.41) is 9.14. The Morgan fingerprint density at radius 3 is 2.11 bits per heavy atom. The van der Waals surface area contributed by atoms with Gasteiger partial charge in [0.2, 0.25) is 0 Å². The molecule has 184 valence electrons. The van der Waals surface area contributed by atoms with Gasteiger partial charge in [-0.3, -0.25) is 0 Å². The lowest BCUT2D eigenvalue weighted by Gasteiger charge is -2.57. The molecule has 4 nitrogen and oxygen atoms in total. The molecule has 0 amide bonds. The van der Waals surface area contributed by atoms with Gasteiger partial charge in [-0.25, -0.2) is 4.79 Å². The maximum Gasteiger partial charge on any atom is 0.335 e. The van der Waals surface area contributed by atoms with Gasteiger partial charge in [-0.15, -0.1) is 0 Å². The van der Waals surface area contributed by atoms with Gasteiger partial charge in [0, 0.05) is 18.2 Å². The number of carbonyl (C=O) groups is 1. The number of methoxy groups -OCH3 is 1. The van der Waals surface area contributed by atoms with Crippen molar-refractivity contribution >= 4 is 5.97 Å². The summed E-state index contributed by atoms with van der Waals surface area (Å²) in [6, 6.07) is 13.5. The van der Waals surface area contributed by atoms with Crippen molar-refractivity contribution in [2.75, 3.05) is 7.11 Å². The molecule has 0 aliphatic heterocycles. The first kappa shape index (κ1) is 24.1. The Kier molecular flexibility index (Phi) is 6.75. The second-order valence-corrected chi connectivity index (χ2v) is 11.0. The van der Waals surface area contributed by atoms with E-state index in [1.165, 1.54) is 49.7 Å². The van der Waals surface area contributed by atoms with Crippen molar-refractivity contribution < 1.29 is 19.4 Å². The molecule has 2 unspecified atom stereocenters. The monoisotopic (exact) mass is 472 g/mol. The van der Waals surface area contributed by atoms with Crippen molar-refractivity contribution in [3.8, 4) is 11.8 Å². The normalized spacial score (nSPS) is 28.3. The number of rotatable bonds is 7. The highest BCUT2D eigenvalue weighted by Crippen LogP contribution is 2.61. The molecule has 2 aromatic carbocycles. The van der Waals surface area contributed by atoms with E-state index in [9.17, 15) is 4.79 Å². The summed E-state index contributed by atoms with van der Waals surface area (Å²) in [6.45, 7) is 4.15. The van der Waals surface area contributed by atoms with Crippen LogP contribution < -0.4 is 0 Å². The van der Waals surface area contributed by atoms with Crippen LogP contribution in [0.3, 0.4) is 0 Å². The predicted octanol–water partition coefficient (Wildman–Crippen LogP) is 6.71. The Morgan fingerprint density at radius 1 is 1.00 bits per heavy atom. The third-order valence-electron chi connectivity index (χ3n) is 8.55. The fourth-order valence-electron chi connectivity index (χ4n) is 7.33. The van der Waals surface area contributed by atoms with E-state index in [4.69, 9.17) is 14.6 Å². The average molecular weight is 473 g/mol. The minimum atomic E-state index is -0.921. The van der Waals surface area contributed by atoms with Crippen LogP contribution in [0.5, 0.6) is 0 Å². The van der Waals surface area contributed by atoms with E-state index in [0.717, 1.165) is 35.3 Å². The van der Waals surface area contributed by atoms with E-state index in [0.29, 0.717) is 0 Å². The molecule has 1 N–H and O–H groups in total. The van der Waals surface area contributed by atoms with Gasteiger partial charge in [0.1, 0.15) is 0 Å². The summed E-state index contributed by atoms with van der Waals surface area (Å²) in [4.78, 5) is 11.1. The van der Waals surface area contributed by atoms with Crippen LogP contribution in [0.25, 0.3) is 0 Å². The first-order valence-electron chi connectivity index (χ1n) is 13.1. The number of ether oxygens (including phenoxy) is 2. The van der Waals surface area contributed by atoms with Gasteiger partial charge in [0.15, 0.2) is 6.29 Å². The van der Waals surface area contributed by atoms with Crippen molar-refractivity contribution in [2.45, 2.75) is 76.6 Å². The summed E-state index contributed by atoms with van der Waals surface area (Å²) in [6.07, 6.45) is 8.74. The zero-order valence-electron chi connectivity index (χ0n) is 21.0. The molecule has 2 aromatic rings. The summed E-state index contributed by atoms with van der Waals surface area (Å²) in [7, 11) is 1.69. The lowest BCUT2D eigenvalue weighted by atomic mass is 9.47. The maximum atomic E-state index is 11.1. The minimum Gasteiger partial charge on any atom is -0.478 e. The number of aromatic carboxylic acids is 1. The molecule has 35 heavy (non-hydrogen) atoms. The molecule has 4 heteroatoms. The molecule has 2 atom stereocenters. The van der Waals surface area contributed by atoms with Crippen molar-refractivity contribution in [3.63, 3.8) is 0 Å². The molecule has 4 saturated carbocycles. The van der Waals surface area contributed by atoms with Gasteiger partial charge in [0.25, 0.3) is 0 Å². The first-order chi connectivity index (χ1) is 16.9. The molecule has 0 aromatic heterocycles. The average Bonchev–Trinajstić information content (AvgIpc) is 2.85. The van der Waals surface area contributed by atoms with Gasteiger partial charge in [0.05, 0.1) is 11.7 Å². The Hall–Kier alpha value is -2.61. The van der Waals surface area contributed by atoms with Crippen LogP contribution in [0, 0.1) is 29.6 Å². The van der Waals surface area contributed by atoms with Crippen molar-refractivity contribution in [2.24, 2.45) is 17.8 Å². The van der Waals surface area contributed by atoms with E-state index in [1.54, 1.807) is 31.4 Å². The van der Waals surface area contributed by atoms with Gasteiger partial charge < -0.3 is 14.6 Å². The van der Waals surface area contributed by atoms with Crippen molar-refractivity contribution in [3.05, 3.63) is 70.3 Å². The van der Waals surface area contributed by atoms with E-state index in [1.807, 2.05) is 6.92 Å². The number of carboxylic acid groups (broad SMARTS) is 1. The predicted molar refractivity (Wildman–Crippen MR) is 136 cm³/mol. The van der Waals surface area contributed by atoms with E-state index in [-0.39, 0.29) is 23.4 Å². The van der Waals surface area contributed by atoms with Crippen LogP contribution in [-0.4, -0.2) is 24.5 Å². The largest absolute Gasteiger partial charge is 0.478 e. The van der Waals surface area contributed by atoms with Gasteiger partial charge in [-0.05, 0) is 123 Å². The smallest absolute Gasteiger partial charge is 0.335 e. The molecular weight excluding hydrogens is 436 g/mol. The molecule has 4 aliphatic rings. The molecule has 4 fully saturated rings. The second-order valence-electron chi connectivity index (χ2n) is 11.0. The highest BCUT2D eigenvalue weighted by Gasteiger charge is 2.52. The zero-order chi connectivity index (χ0) is 24.6. The van der Waals surface area contributed by atoms with E-state index in [2.05, 4.69) is 37.0 Å². The fraction of sp³-hybridized carbons (Fsp3) is 0.516. The Labute approximate surface area is 209 Å². The van der Waals surface area contributed by atoms with Gasteiger partial charge in [-0.1, -0.05) is 24.8 Å². The molecule has 6 rings (SSSR count). The van der Waals surface area contributed by atoms with Crippen LogP contribution in [0.15, 0.2) is 42.5 Å². The molecule has 0 radical (unpaired) electrons. The highest BCUT2D eigenvalue weighted by molar-refractivity contribution is 5.87.